The fourth-order valence-electron chi connectivity index (χ4n) is 4.55. The number of carbonyl (C=O) groups excluding carboxylic acids is 2. The van der Waals surface area contributed by atoms with Crippen LogP contribution in [0.2, 0.25) is 0 Å². The predicted molar refractivity (Wildman–Crippen MR) is 101 cm³/mol. The lowest BCUT2D eigenvalue weighted by Crippen LogP contribution is -2.46. The quantitative estimate of drug-likeness (QED) is 0.781. The Kier molecular flexibility index (Phi) is 5.14. The van der Waals surface area contributed by atoms with Gasteiger partial charge in [0.2, 0.25) is 11.8 Å². The van der Waals surface area contributed by atoms with E-state index in [2.05, 4.69) is 15.1 Å². The summed E-state index contributed by atoms with van der Waals surface area (Å²) in [6.45, 7) is 3.71. The average molecular weight is 374 g/mol. The van der Waals surface area contributed by atoms with Gasteiger partial charge in [-0.15, -0.1) is 0 Å². The first kappa shape index (κ1) is 18.4. The molecule has 0 aliphatic carbocycles. The van der Waals surface area contributed by atoms with Gasteiger partial charge in [0.1, 0.15) is 5.82 Å². The van der Waals surface area contributed by atoms with Crippen LogP contribution in [0.5, 0.6) is 0 Å². The second kappa shape index (κ2) is 7.56. The Hall–Kier alpha value is -1.99. The van der Waals surface area contributed by atoms with Crippen LogP contribution in [-0.4, -0.2) is 55.0 Å². The number of nitrogens with zero attached hydrogens (tertiary/aromatic N) is 2. The van der Waals surface area contributed by atoms with E-state index < -0.39 is 5.92 Å². The minimum absolute atomic E-state index is 0.255. The van der Waals surface area contributed by atoms with E-state index in [1.807, 2.05) is 6.07 Å². The Morgan fingerprint density at radius 1 is 1.07 bits per heavy atom. The van der Waals surface area contributed by atoms with Crippen molar-refractivity contribution in [3.05, 3.63) is 29.6 Å². The highest BCUT2D eigenvalue weighted by Crippen LogP contribution is 2.31. The third kappa shape index (κ3) is 3.84. The summed E-state index contributed by atoms with van der Waals surface area (Å²) < 4.78 is 14.8. The Morgan fingerprint density at radius 2 is 1.85 bits per heavy atom. The van der Waals surface area contributed by atoms with E-state index in [9.17, 15) is 14.0 Å². The maximum absolute atomic E-state index is 14.8. The number of nitrogens with two attached hydrogens (primary N) is 1. The molecule has 2 atom stereocenters. The summed E-state index contributed by atoms with van der Waals surface area (Å²) in [5.74, 6) is -1.33. The zero-order chi connectivity index (χ0) is 19.0. The van der Waals surface area contributed by atoms with Gasteiger partial charge >= 0.3 is 0 Å². The topological polar surface area (TPSA) is 78.7 Å². The van der Waals surface area contributed by atoms with E-state index in [0.29, 0.717) is 36.2 Å². The van der Waals surface area contributed by atoms with Crippen LogP contribution in [0.1, 0.15) is 43.6 Å². The normalized spacial score (nSPS) is 27.9. The Balaban J connectivity index is 1.43. The first-order chi connectivity index (χ1) is 13.0. The maximum atomic E-state index is 14.8. The van der Waals surface area contributed by atoms with Crippen molar-refractivity contribution in [3.63, 3.8) is 0 Å². The summed E-state index contributed by atoms with van der Waals surface area (Å²) in [5, 5.41) is 2.34. The van der Waals surface area contributed by atoms with Crippen molar-refractivity contribution in [1.29, 1.82) is 0 Å². The van der Waals surface area contributed by atoms with E-state index in [0.717, 1.165) is 45.4 Å². The zero-order valence-corrected chi connectivity index (χ0v) is 15.5. The molecule has 27 heavy (non-hydrogen) atoms. The van der Waals surface area contributed by atoms with Crippen molar-refractivity contribution in [2.24, 2.45) is 5.73 Å². The van der Waals surface area contributed by atoms with Crippen molar-refractivity contribution >= 4 is 17.5 Å². The molecule has 0 bridgehead atoms. The lowest BCUT2D eigenvalue weighted by molar-refractivity contribution is -0.134. The fourth-order valence-corrected chi connectivity index (χ4v) is 4.55. The van der Waals surface area contributed by atoms with Crippen LogP contribution < -0.4 is 16.0 Å². The molecule has 0 radical (unpaired) electrons. The van der Waals surface area contributed by atoms with Crippen LogP contribution in [0.25, 0.3) is 0 Å². The number of carbonyl (C=O) groups is 2. The molecule has 146 valence electrons. The van der Waals surface area contributed by atoms with E-state index in [4.69, 9.17) is 5.73 Å². The number of halogens is 1. The molecular weight excluding hydrogens is 347 g/mol. The van der Waals surface area contributed by atoms with Crippen LogP contribution in [-0.2, 0) is 9.59 Å². The van der Waals surface area contributed by atoms with Crippen molar-refractivity contribution < 1.29 is 14.0 Å². The van der Waals surface area contributed by atoms with Gasteiger partial charge in [0, 0.05) is 31.6 Å². The second-order valence-corrected chi connectivity index (χ2v) is 7.98. The molecule has 6 nitrogen and oxygen atoms in total. The summed E-state index contributed by atoms with van der Waals surface area (Å²) in [6, 6.07) is 5.83. The number of rotatable bonds is 3. The number of nitrogens with one attached hydrogen (secondary N) is 1. The van der Waals surface area contributed by atoms with Gasteiger partial charge in [-0.3, -0.25) is 19.8 Å². The van der Waals surface area contributed by atoms with Gasteiger partial charge in [-0.2, -0.15) is 0 Å². The minimum atomic E-state index is -0.449. The molecule has 3 heterocycles. The molecule has 4 rings (SSSR count). The molecule has 7 heteroatoms. The smallest absolute Gasteiger partial charge is 0.234 e. The summed E-state index contributed by atoms with van der Waals surface area (Å²) in [7, 11) is 0. The largest absolute Gasteiger partial charge is 0.368 e. The first-order valence-electron chi connectivity index (χ1n) is 9.89. The van der Waals surface area contributed by atoms with Crippen molar-refractivity contribution in [2.75, 3.05) is 31.1 Å². The number of benzene rings is 1. The van der Waals surface area contributed by atoms with Crippen LogP contribution in [0.4, 0.5) is 10.1 Å². The van der Waals surface area contributed by atoms with E-state index >= 15 is 0 Å². The van der Waals surface area contributed by atoms with Gasteiger partial charge in [-0.05, 0) is 56.5 Å². The highest BCUT2D eigenvalue weighted by atomic mass is 19.1. The van der Waals surface area contributed by atoms with Crippen LogP contribution in [0.3, 0.4) is 0 Å². The number of hydrogen-bond donors (Lipinski definition) is 2. The Morgan fingerprint density at radius 3 is 2.56 bits per heavy atom. The Bertz CT molecular complexity index is 733. The molecule has 3 aliphatic heterocycles. The summed E-state index contributed by atoms with van der Waals surface area (Å²) in [6.07, 6.45) is 3.83. The number of anilines is 1. The third-order valence-corrected chi connectivity index (χ3v) is 6.21. The number of likely N-dealkylation sites (tertiary alicyclic amines) is 1. The molecule has 3 aliphatic rings. The van der Waals surface area contributed by atoms with Crippen molar-refractivity contribution in [1.82, 2.24) is 10.2 Å². The highest BCUT2D eigenvalue weighted by Gasteiger charge is 2.32. The van der Waals surface area contributed by atoms with E-state index in [-0.39, 0.29) is 17.6 Å². The van der Waals surface area contributed by atoms with Gasteiger partial charge in [0.25, 0.3) is 0 Å². The average Bonchev–Trinajstić information content (AvgIpc) is 3.12. The minimum Gasteiger partial charge on any atom is -0.368 e. The molecule has 1 aromatic rings. The van der Waals surface area contributed by atoms with Gasteiger partial charge in [-0.1, -0.05) is 6.07 Å². The van der Waals surface area contributed by atoms with E-state index in [1.165, 1.54) is 6.07 Å². The second-order valence-electron chi connectivity index (χ2n) is 7.98. The van der Waals surface area contributed by atoms with Gasteiger partial charge in [-0.25, -0.2) is 4.39 Å². The third-order valence-electron chi connectivity index (χ3n) is 6.21. The summed E-state index contributed by atoms with van der Waals surface area (Å²) in [5.41, 5.74) is 7.23. The maximum Gasteiger partial charge on any atom is 0.234 e. The summed E-state index contributed by atoms with van der Waals surface area (Å²) >= 11 is 0. The molecule has 3 fully saturated rings. The van der Waals surface area contributed by atoms with Crippen LogP contribution in [0.15, 0.2) is 18.2 Å². The number of imide groups is 1. The number of piperidine rings is 2. The van der Waals surface area contributed by atoms with Gasteiger partial charge < -0.3 is 10.6 Å². The molecule has 1 aromatic carbocycles. The molecule has 0 spiro atoms. The molecular formula is C20H27FN4O2. The van der Waals surface area contributed by atoms with Crippen LogP contribution >= 0.6 is 0 Å². The van der Waals surface area contributed by atoms with Gasteiger partial charge in [0.15, 0.2) is 0 Å². The number of amides is 2. The highest BCUT2D eigenvalue weighted by molar-refractivity contribution is 6.00. The van der Waals surface area contributed by atoms with Crippen molar-refractivity contribution in [2.45, 2.75) is 50.1 Å². The Labute approximate surface area is 158 Å². The predicted octanol–water partition coefficient (Wildman–Crippen LogP) is 1.35. The molecule has 2 unspecified atom stereocenters. The lowest BCUT2D eigenvalue weighted by atomic mass is 9.90. The lowest BCUT2D eigenvalue weighted by Gasteiger charge is -2.34. The SMILES string of the molecule is NC1CCN(C2CCN(c3ccc(C4CCC(=O)NC4=O)cc3F)C2)CC1. The van der Waals surface area contributed by atoms with Gasteiger partial charge in [0.05, 0.1) is 11.6 Å². The standard InChI is InChI=1S/C20H27FN4O2/c21-17-11-13(16-2-4-19(26)23-20(16)27)1-3-18(17)25-10-7-15(12-25)24-8-5-14(22)6-9-24/h1,3,11,14-16H,2,4-10,12,22H2,(H,23,26,27). The molecule has 3 N–H and O–H groups in total. The van der Waals surface area contributed by atoms with Crippen LogP contribution in [0, 0.1) is 5.82 Å². The fraction of sp³-hybridized carbons (Fsp3) is 0.600. The molecule has 3 saturated heterocycles. The molecule has 0 saturated carbocycles. The summed E-state index contributed by atoms with van der Waals surface area (Å²) in [4.78, 5) is 27.9. The van der Waals surface area contributed by atoms with Crippen molar-refractivity contribution in [3.8, 4) is 0 Å². The zero-order valence-electron chi connectivity index (χ0n) is 15.5. The molecule has 2 amide bonds. The van der Waals surface area contributed by atoms with E-state index in [1.54, 1.807) is 6.07 Å². The number of hydrogen-bond acceptors (Lipinski definition) is 5. The monoisotopic (exact) mass is 374 g/mol. The molecule has 0 aromatic heterocycles. The first-order valence-corrected chi connectivity index (χ1v) is 9.89.